The van der Waals surface area contributed by atoms with Gasteiger partial charge in [-0.3, -0.25) is 4.79 Å². The van der Waals surface area contributed by atoms with E-state index in [4.69, 9.17) is 14.7 Å². The quantitative estimate of drug-likeness (QED) is 0.623. The number of benzene rings is 3. The highest BCUT2D eigenvalue weighted by Gasteiger charge is 2.39. The van der Waals surface area contributed by atoms with Crippen molar-refractivity contribution in [2.75, 3.05) is 12.0 Å². The lowest BCUT2D eigenvalue weighted by atomic mass is 9.36. The summed E-state index contributed by atoms with van der Waals surface area (Å²) in [6, 6.07) is 27.9. The minimum atomic E-state index is -1.84. The number of hydrogen-bond donors (Lipinski definition) is 0. The van der Waals surface area contributed by atoms with Crippen LogP contribution in [0.1, 0.15) is 13.8 Å². The first-order valence-corrected chi connectivity index (χ1v) is 9.92. The highest BCUT2D eigenvalue weighted by atomic mass is 16.5. The van der Waals surface area contributed by atoms with Crippen LogP contribution in [0.5, 0.6) is 5.75 Å². The Hall–Kier alpha value is -3.67. The summed E-state index contributed by atoms with van der Waals surface area (Å²) in [5.74, 6) is 0.643. The average molecular weight is 396 g/mol. The van der Waals surface area contributed by atoms with Crippen molar-refractivity contribution >= 4 is 40.2 Å². The monoisotopic (exact) mass is 396 g/mol. The van der Waals surface area contributed by atoms with Gasteiger partial charge >= 0.3 is 0 Å². The van der Waals surface area contributed by atoms with Crippen molar-refractivity contribution in [2.24, 2.45) is 10.0 Å². The van der Waals surface area contributed by atoms with Crippen molar-refractivity contribution in [3.63, 3.8) is 0 Å². The predicted octanol–water partition coefficient (Wildman–Crippen LogP) is 3.18. The number of ketones is 1. The van der Waals surface area contributed by atoms with Gasteiger partial charge in [-0.15, -0.1) is 0 Å². The molecule has 5 nitrogen and oxygen atoms in total. The normalized spacial score (nSPS) is 15.2. The fraction of sp³-hybridized carbons (Fsp3) is 0.125. The van der Waals surface area contributed by atoms with Gasteiger partial charge in [-0.2, -0.15) is 10.9 Å². The topological polar surface area (TPSA) is 54.3 Å². The number of hydrazone groups is 1. The molecule has 1 aliphatic heterocycles. The predicted molar refractivity (Wildman–Crippen MR) is 125 cm³/mol. The number of carbonyl (C=O) groups excluding carboxylic acids is 1. The number of Topliss-reactive ketones (excluding diaryl/α,β-unsaturated/α-hetero) is 1. The van der Waals surface area contributed by atoms with Crippen LogP contribution in [-0.4, -0.2) is 30.7 Å². The third-order valence-electron chi connectivity index (χ3n) is 5.48. The third kappa shape index (κ3) is 3.30. The number of methoxy groups -OCH3 is 1. The molecule has 0 aliphatic carbocycles. The van der Waals surface area contributed by atoms with Gasteiger partial charge in [0.15, 0.2) is 5.78 Å². The first kappa shape index (κ1) is 19.6. The van der Waals surface area contributed by atoms with Crippen molar-refractivity contribution in [1.82, 2.24) is 0 Å². The van der Waals surface area contributed by atoms with Gasteiger partial charge in [-0.05, 0) is 31.2 Å². The fourth-order valence-corrected chi connectivity index (χ4v) is 4.06. The number of hydrogen-bond acceptors (Lipinski definition) is 5. The summed E-state index contributed by atoms with van der Waals surface area (Å²) in [5.41, 5.74) is 3.88. The number of rotatable bonds is 5. The smallest absolute Gasteiger partial charge is 0.274 e. The molecule has 30 heavy (non-hydrogen) atoms. The molecule has 0 amide bonds. The Kier molecular flexibility index (Phi) is 5.23. The second kappa shape index (κ2) is 7.99. The van der Waals surface area contributed by atoms with Crippen LogP contribution in [0.25, 0.3) is 0 Å². The van der Waals surface area contributed by atoms with Gasteiger partial charge in [0.1, 0.15) is 11.5 Å². The third-order valence-corrected chi connectivity index (χ3v) is 5.48. The molecule has 0 spiro atoms. The van der Waals surface area contributed by atoms with Crippen molar-refractivity contribution in [1.29, 1.82) is 0 Å². The molecule has 1 aliphatic rings. The molecular weight excluding hydrogens is 373 g/mol. The lowest BCUT2D eigenvalue weighted by Crippen LogP contribution is -2.70. The molecular formula is C24H23BN3O2-. The van der Waals surface area contributed by atoms with Gasteiger partial charge in [0, 0.05) is 18.3 Å². The lowest BCUT2D eigenvalue weighted by molar-refractivity contribution is -0.110. The summed E-state index contributed by atoms with van der Waals surface area (Å²) in [7, 11) is 1.64. The van der Waals surface area contributed by atoms with Crippen LogP contribution < -0.4 is 20.6 Å². The Morgan fingerprint density at radius 2 is 1.40 bits per heavy atom. The molecule has 0 radical (unpaired) electrons. The summed E-state index contributed by atoms with van der Waals surface area (Å²) in [6.07, 6.45) is -1.84. The first-order chi connectivity index (χ1) is 14.6. The van der Waals surface area contributed by atoms with Gasteiger partial charge in [-0.25, -0.2) is 5.10 Å². The van der Waals surface area contributed by atoms with E-state index in [0.717, 1.165) is 22.4 Å². The van der Waals surface area contributed by atoms with Gasteiger partial charge in [-0.1, -0.05) is 60.7 Å². The Bertz CT molecular complexity index is 1070. The zero-order valence-electron chi connectivity index (χ0n) is 17.3. The molecule has 0 N–H and O–H groups in total. The van der Waals surface area contributed by atoms with Crippen molar-refractivity contribution in [2.45, 2.75) is 13.8 Å². The van der Waals surface area contributed by atoms with Crippen LogP contribution in [0, 0.1) is 0 Å². The van der Waals surface area contributed by atoms with E-state index in [1.807, 2.05) is 72.5 Å². The molecule has 1 heterocycles. The summed E-state index contributed by atoms with van der Waals surface area (Å²) in [5, 5.41) is 4.85. The standard InChI is InChI=1S/C24H23BN3O2/c1-18-24(19(2)29)27-28(22-14-16-23(30-3)17-15-22)25(26-18,20-10-6-4-7-11-20)21-12-8-5-9-13-21/h4-17H,1-3H3/q-1. The van der Waals surface area contributed by atoms with Crippen LogP contribution in [-0.2, 0) is 4.79 Å². The van der Waals surface area contributed by atoms with Crippen molar-refractivity contribution in [3.05, 3.63) is 84.9 Å². The van der Waals surface area contributed by atoms with Gasteiger partial charge in [0.25, 0.3) is 6.42 Å². The van der Waals surface area contributed by atoms with E-state index in [9.17, 15) is 4.79 Å². The van der Waals surface area contributed by atoms with Crippen LogP contribution >= 0.6 is 0 Å². The molecule has 150 valence electrons. The molecule has 0 aromatic heterocycles. The molecule has 0 saturated carbocycles. The highest BCUT2D eigenvalue weighted by Crippen LogP contribution is 2.28. The van der Waals surface area contributed by atoms with Crippen LogP contribution in [0.3, 0.4) is 0 Å². The molecule has 3 aromatic rings. The molecule has 0 bridgehead atoms. The van der Waals surface area contributed by atoms with Gasteiger partial charge < -0.3 is 14.6 Å². The maximum absolute atomic E-state index is 12.3. The summed E-state index contributed by atoms with van der Waals surface area (Å²) in [4.78, 5) is 19.4. The first-order valence-electron chi connectivity index (χ1n) is 9.92. The minimum absolute atomic E-state index is 0.111. The second-order valence-electron chi connectivity index (χ2n) is 7.36. The SMILES string of the molecule is COc1ccc(N2N=C(C(C)=O)C(C)=N[B-]2(c2ccccc2)c2ccccc2)cc1. The molecule has 0 fully saturated rings. The maximum Gasteiger partial charge on any atom is 0.274 e. The Morgan fingerprint density at radius 1 is 0.867 bits per heavy atom. The second-order valence-corrected chi connectivity index (χ2v) is 7.36. The summed E-state index contributed by atoms with van der Waals surface area (Å²) in [6.45, 7) is 3.38. The fourth-order valence-electron chi connectivity index (χ4n) is 4.06. The van der Waals surface area contributed by atoms with E-state index in [1.54, 1.807) is 7.11 Å². The number of ether oxygens (including phenoxy) is 1. The molecule has 0 saturated heterocycles. The van der Waals surface area contributed by atoms with Crippen molar-refractivity contribution in [3.8, 4) is 5.75 Å². The van der Waals surface area contributed by atoms with E-state index in [-0.39, 0.29) is 5.78 Å². The Balaban J connectivity index is 2.03. The van der Waals surface area contributed by atoms with E-state index < -0.39 is 6.42 Å². The zero-order valence-corrected chi connectivity index (χ0v) is 17.3. The molecule has 4 rings (SSSR count). The van der Waals surface area contributed by atoms with Gasteiger partial charge in [0.05, 0.1) is 7.11 Å². The van der Waals surface area contributed by atoms with Crippen LogP contribution in [0.15, 0.2) is 94.9 Å². The largest absolute Gasteiger partial charge is 0.497 e. The van der Waals surface area contributed by atoms with E-state index in [1.165, 1.54) is 6.92 Å². The van der Waals surface area contributed by atoms with Gasteiger partial charge in [0.2, 0.25) is 0 Å². The van der Waals surface area contributed by atoms with E-state index in [0.29, 0.717) is 11.4 Å². The van der Waals surface area contributed by atoms with Crippen LogP contribution in [0.4, 0.5) is 5.69 Å². The Morgan fingerprint density at radius 3 is 1.87 bits per heavy atom. The van der Waals surface area contributed by atoms with Crippen LogP contribution in [0.2, 0.25) is 0 Å². The summed E-state index contributed by atoms with van der Waals surface area (Å²) >= 11 is 0. The minimum Gasteiger partial charge on any atom is -0.497 e. The molecule has 0 atom stereocenters. The molecule has 3 aromatic carbocycles. The zero-order chi connectivity index (χ0) is 21.1. The number of anilines is 1. The average Bonchev–Trinajstić information content (AvgIpc) is 2.80. The number of nitrogens with zero attached hydrogens (tertiary/aromatic N) is 3. The lowest BCUT2D eigenvalue weighted by Gasteiger charge is -2.50. The maximum atomic E-state index is 12.3. The molecule has 0 unspecified atom stereocenters. The van der Waals surface area contributed by atoms with Crippen molar-refractivity contribution < 1.29 is 9.53 Å². The van der Waals surface area contributed by atoms with E-state index in [2.05, 4.69) is 24.3 Å². The highest BCUT2D eigenvalue weighted by molar-refractivity contribution is 7.05. The number of carbonyl (C=O) groups is 1. The molecule has 6 heteroatoms. The summed E-state index contributed by atoms with van der Waals surface area (Å²) < 4.78 is 5.32. The Labute approximate surface area is 176 Å². The van der Waals surface area contributed by atoms with E-state index >= 15 is 0 Å².